The number of benzene rings is 2. The number of nitrogens with zero attached hydrogens (tertiary/aromatic N) is 1. The molecule has 6 nitrogen and oxygen atoms in total. The van der Waals surface area contributed by atoms with Crippen LogP contribution < -0.4 is 11.1 Å². The van der Waals surface area contributed by atoms with E-state index in [2.05, 4.69) is 5.32 Å². The van der Waals surface area contributed by atoms with E-state index >= 15 is 0 Å². The van der Waals surface area contributed by atoms with Crippen molar-refractivity contribution < 1.29 is 9.72 Å². The van der Waals surface area contributed by atoms with Crippen LogP contribution in [-0.2, 0) is 6.54 Å². The average molecular weight is 271 g/mol. The van der Waals surface area contributed by atoms with Gasteiger partial charge in [-0.2, -0.15) is 0 Å². The monoisotopic (exact) mass is 271 g/mol. The van der Waals surface area contributed by atoms with E-state index in [0.29, 0.717) is 12.2 Å². The minimum absolute atomic E-state index is 0.0362. The van der Waals surface area contributed by atoms with Crippen LogP contribution in [0.4, 0.5) is 11.4 Å². The molecule has 6 heteroatoms. The zero-order valence-electron chi connectivity index (χ0n) is 10.6. The third-order valence-corrected chi connectivity index (χ3v) is 2.76. The minimum Gasteiger partial charge on any atom is -0.399 e. The Labute approximate surface area is 115 Å². The molecule has 0 unspecified atom stereocenters. The lowest BCUT2D eigenvalue weighted by Crippen LogP contribution is -2.23. The van der Waals surface area contributed by atoms with Gasteiger partial charge in [-0.05, 0) is 17.7 Å². The van der Waals surface area contributed by atoms with Crippen LogP contribution in [0.5, 0.6) is 0 Å². The second-order valence-electron chi connectivity index (χ2n) is 4.20. The van der Waals surface area contributed by atoms with E-state index < -0.39 is 10.8 Å². The van der Waals surface area contributed by atoms with Gasteiger partial charge in [-0.25, -0.2) is 0 Å². The summed E-state index contributed by atoms with van der Waals surface area (Å²) in [6.45, 7) is 0.297. The molecule has 1 amide bonds. The van der Waals surface area contributed by atoms with E-state index in [1.807, 2.05) is 30.3 Å². The molecular formula is C14H13N3O3. The third kappa shape index (κ3) is 3.11. The maximum Gasteiger partial charge on any atom is 0.282 e. The van der Waals surface area contributed by atoms with Gasteiger partial charge in [-0.1, -0.05) is 30.3 Å². The molecule has 0 atom stereocenters. The molecule has 3 N–H and O–H groups in total. The molecule has 2 aromatic rings. The summed E-state index contributed by atoms with van der Waals surface area (Å²) in [4.78, 5) is 22.3. The fourth-order valence-corrected chi connectivity index (χ4v) is 1.77. The number of carbonyl (C=O) groups excluding carboxylic acids is 1. The summed E-state index contributed by atoms with van der Waals surface area (Å²) in [5, 5.41) is 13.5. The highest BCUT2D eigenvalue weighted by molar-refractivity contribution is 5.99. The van der Waals surface area contributed by atoms with E-state index in [1.165, 1.54) is 18.2 Å². The van der Waals surface area contributed by atoms with Gasteiger partial charge in [0, 0.05) is 18.3 Å². The number of nitro groups is 1. The number of amides is 1. The standard InChI is InChI=1S/C14H13N3O3/c15-11-6-7-13(17(19)20)12(8-11)14(18)16-9-10-4-2-1-3-5-10/h1-8H,9,15H2,(H,16,18). The molecule has 0 aliphatic carbocycles. The molecule has 2 aromatic carbocycles. The van der Waals surface area contributed by atoms with Gasteiger partial charge in [0.1, 0.15) is 5.56 Å². The summed E-state index contributed by atoms with van der Waals surface area (Å²) >= 11 is 0. The summed E-state index contributed by atoms with van der Waals surface area (Å²) in [6, 6.07) is 13.2. The highest BCUT2D eigenvalue weighted by Crippen LogP contribution is 2.21. The largest absolute Gasteiger partial charge is 0.399 e. The molecule has 2 rings (SSSR count). The van der Waals surface area contributed by atoms with Crippen LogP contribution in [0.2, 0.25) is 0 Å². The van der Waals surface area contributed by atoms with Crippen LogP contribution in [0.1, 0.15) is 15.9 Å². The lowest BCUT2D eigenvalue weighted by molar-refractivity contribution is -0.385. The molecule has 0 aromatic heterocycles. The average Bonchev–Trinajstić information content (AvgIpc) is 2.45. The summed E-state index contributed by atoms with van der Waals surface area (Å²) < 4.78 is 0. The first-order valence-electron chi connectivity index (χ1n) is 5.94. The Morgan fingerprint density at radius 2 is 1.90 bits per heavy atom. The van der Waals surface area contributed by atoms with Gasteiger partial charge in [-0.3, -0.25) is 14.9 Å². The van der Waals surface area contributed by atoms with Gasteiger partial charge < -0.3 is 11.1 Å². The Morgan fingerprint density at radius 3 is 2.55 bits per heavy atom. The number of hydrogen-bond donors (Lipinski definition) is 2. The number of nitrogens with one attached hydrogen (secondary N) is 1. The van der Waals surface area contributed by atoms with Crippen LogP contribution in [0.25, 0.3) is 0 Å². The van der Waals surface area contributed by atoms with Crippen molar-refractivity contribution in [2.45, 2.75) is 6.54 Å². The topological polar surface area (TPSA) is 98.3 Å². The zero-order valence-corrected chi connectivity index (χ0v) is 10.6. The van der Waals surface area contributed by atoms with Gasteiger partial charge in [0.15, 0.2) is 0 Å². The van der Waals surface area contributed by atoms with Crippen molar-refractivity contribution in [3.05, 3.63) is 69.8 Å². The van der Waals surface area contributed by atoms with Crippen LogP contribution in [0, 0.1) is 10.1 Å². The van der Waals surface area contributed by atoms with Crippen molar-refractivity contribution in [3.8, 4) is 0 Å². The molecule has 0 saturated carbocycles. The maximum absolute atomic E-state index is 12.0. The molecule has 20 heavy (non-hydrogen) atoms. The van der Waals surface area contributed by atoms with Crippen molar-refractivity contribution in [1.82, 2.24) is 5.32 Å². The van der Waals surface area contributed by atoms with E-state index in [9.17, 15) is 14.9 Å². The Kier molecular flexibility index (Phi) is 3.95. The van der Waals surface area contributed by atoms with Crippen LogP contribution >= 0.6 is 0 Å². The first-order valence-corrected chi connectivity index (χ1v) is 5.94. The molecule has 0 aliphatic heterocycles. The lowest BCUT2D eigenvalue weighted by atomic mass is 10.1. The summed E-state index contributed by atoms with van der Waals surface area (Å²) in [5.74, 6) is -0.521. The molecule has 0 bridgehead atoms. The Hall–Kier alpha value is -2.89. The number of anilines is 1. The van der Waals surface area contributed by atoms with E-state index in [4.69, 9.17) is 5.73 Å². The van der Waals surface area contributed by atoms with Crippen LogP contribution in [-0.4, -0.2) is 10.8 Å². The summed E-state index contributed by atoms with van der Waals surface area (Å²) in [5.41, 5.74) is 6.49. The van der Waals surface area contributed by atoms with Crippen molar-refractivity contribution in [1.29, 1.82) is 0 Å². The normalized spacial score (nSPS) is 10.0. The van der Waals surface area contributed by atoms with Crippen LogP contribution in [0.3, 0.4) is 0 Å². The quantitative estimate of drug-likeness (QED) is 0.505. The number of carbonyl (C=O) groups is 1. The van der Waals surface area contributed by atoms with Crippen LogP contribution in [0.15, 0.2) is 48.5 Å². The molecule has 0 spiro atoms. The number of hydrogen-bond acceptors (Lipinski definition) is 4. The highest BCUT2D eigenvalue weighted by Gasteiger charge is 2.19. The molecule has 0 radical (unpaired) electrons. The van der Waals surface area contributed by atoms with Crippen molar-refractivity contribution in [2.24, 2.45) is 0 Å². The number of nitro benzene ring substituents is 1. The lowest BCUT2D eigenvalue weighted by Gasteiger charge is -2.06. The second kappa shape index (κ2) is 5.83. The van der Waals surface area contributed by atoms with E-state index in [1.54, 1.807) is 0 Å². The second-order valence-corrected chi connectivity index (χ2v) is 4.20. The first kappa shape index (κ1) is 13.5. The van der Waals surface area contributed by atoms with E-state index in [0.717, 1.165) is 5.56 Å². The van der Waals surface area contributed by atoms with Crippen molar-refractivity contribution in [2.75, 3.05) is 5.73 Å². The van der Waals surface area contributed by atoms with Gasteiger partial charge in [0.25, 0.3) is 11.6 Å². The molecule has 0 aliphatic rings. The van der Waals surface area contributed by atoms with Gasteiger partial charge >= 0.3 is 0 Å². The predicted molar refractivity (Wildman–Crippen MR) is 75.1 cm³/mol. The smallest absolute Gasteiger partial charge is 0.282 e. The Bertz CT molecular complexity index is 641. The predicted octanol–water partition coefficient (Wildman–Crippen LogP) is 2.11. The van der Waals surface area contributed by atoms with Gasteiger partial charge in [0.05, 0.1) is 4.92 Å². The van der Waals surface area contributed by atoms with E-state index in [-0.39, 0.29) is 11.3 Å². The third-order valence-electron chi connectivity index (χ3n) is 2.76. The zero-order chi connectivity index (χ0) is 14.5. The van der Waals surface area contributed by atoms with Crippen molar-refractivity contribution in [3.63, 3.8) is 0 Å². The molecule has 0 heterocycles. The maximum atomic E-state index is 12.0. The molecule has 0 fully saturated rings. The minimum atomic E-state index is -0.600. The molecule has 0 saturated heterocycles. The SMILES string of the molecule is Nc1ccc([N+](=O)[O-])c(C(=O)NCc2ccccc2)c1. The van der Waals surface area contributed by atoms with Gasteiger partial charge in [-0.15, -0.1) is 0 Å². The summed E-state index contributed by atoms with van der Waals surface area (Å²) in [7, 11) is 0. The van der Waals surface area contributed by atoms with Gasteiger partial charge in [0.2, 0.25) is 0 Å². The Morgan fingerprint density at radius 1 is 1.20 bits per heavy atom. The van der Waals surface area contributed by atoms with Crippen molar-refractivity contribution >= 4 is 17.3 Å². The highest BCUT2D eigenvalue weighted by atomic mass is 16.6. The molecule has 102 valence electrons. The first-order chi connectivity index (χ1) is 9.58. The number of nitrogens with two attached hydrogens (primary N) is 1. The fraction of sp³-hybridized carbons (Fsp3) is 0.0714. The number of rotatable bonds is 4. The summed E-state index contributed by atoms with van der Waals surface area (Å²) in [6.07, 6.45) is 0. The number of nitrogen functional groups attached to an aromatic ring is 1. The Balaban J connectivity index is 2.17. The fourth-order valence-electron chi connectivity index (χ4n) is 1.77. The molecular weight excluding hydrogens is 258 g/mol.